The van der Waals surface area contributed by atoms with Crippen LogP contribution in [0.1, 0.15) is 53.9 Å². The number of nitrogens with one attached hydrogen (secondary N) is 1. The summed E-state index contributed by atoms with van der Waals surface area (Å²) in [5.41, 5.74) is 6.17. The first-order valence-electron chi connectivity index (χ1n) is 10.9. The van der Waals surface area contributed by atoms with Crippen LogP contribution in [0.4, 0.5) is 5.69 Å². The molecule has 0 spiro atoms. The number of carbonyl (C=O) groups is 1. The van der Waals surface area contributed by atoms with Gasteiger partial charge in [-0.2, -0.15) is 0 Å². The highest BCUT2D eigenvalue weighted by Gasteiger charge is 2.51. The highest BCUT2D eigenvalue weighted by atomic mass is 16.5. The molecule has 3 aromatic carbocycles. The average molecular weight is 398 g/mol. The topological polar surface area (TPSA) is 38.3 Å². The second-order valence-electron chi connectivity index (χ2n) is 8.38. The number of fused-ring (bicyclic) bond motifs is 1. The Hall–Kier alpha value is -3.07. The fourth-order valence-electron chi connectivity index (χ4n) is 5.78. The number of para-hydroxylation sites is 2. The molecule has 3 aliphatic rings. The zero-order valence-electron chi connectivity index (χ0n) is 17.5. The number of hydrogen-bond acceptors (Lipinski definition) is 2. The van der Waals surface area contributed by atoms with Crippen molar-refractivity contribution in [3.63, 3.8) is 0 Å². The van der Waals surface area contributed by atoms with Gasteiger partial charge in [0.1, 0.15) is 5.75 Å². The van der Waals surface area contributed by atoms with Crippen molar-refractivity contribution in [3.05, 3.63) is 95.1 Å². The normalized spacial score (nSPS) is 23.4. The van der Waals surface area contributed by atoms with E-state index in [1.807, 2.05) is 24.3 Å². The lowest BCUT2D eigenvalue weighted by Gasteiger charge is -2.50. The summed E-state index contributed by atoms with van der Waals surface area (Å²) in [6.45, 7) is 2.22. The Bertz CT molecular complexity index is 1040. The van der Waals surface area contributed by atoms with Crippen molar-refractivity contribution in [2.45, 2.75) is 31.6 Å². The van der Waals surface area contributed by atoms with Crippen LogP contribution in [0, 0.1) is 11.8 Å². The highest BCUT2D eigenvalue weighted by molar-refractivity contribution is 5.96. The number of hydrogen-bond donors (Lipinski definition) is 1. The van der Waals surface area contributed by atoms with Crippen LogP contribution in [-0.4, -0.2) is 13.0 Å². The molecule has 30 heavy (non-hydrogen) atoms. The Morgan fingerprint density at radius 3 is 1.93 bits per heavy atom. The fraction of sp³-hybridized carbons (Fsp3) is 0.296. The molecule has 0 heterocycles. The predicted molar refractivity (Wildman–Crippen MR) is 120 cm³/mol. The predicted octanol–water partition coefficient (Wildman–Crippen LogP) is 5.96. The summed E-state index contributed by atoms with van der Waals surface area (Å²) in [6.07, 6.45) is 2.10. The summed E-state index contributed by atoms with van der Waals surface area (Å²) in [7, 11) is 1.64. The van der Waals surface area contributed by atoms with Crippen molar-refractivity contribution in [2.24, 2.45) is 11.8 Å². The van der Waals surface area contributed by atoms with Crippen molar-refractivity contribution < 1.29 is 9.53 Å². The Kier molecular flexibility index (Phi) is 4.82. The maximum atomic E-state index is 13.8. The maximum absolute atomic E-state index is 13.8. The highest BCUT2D eigenvalue weighted by Crippen LogP contribution is 2.59. The molecule has 3 aliphatic carbocycles. The molecule has 6 rings (SSSR count). The molecule has 0 saturated carbocycles. The van der Waals surface area contributed by atoms with E-state index in [0.717, 1.165) is 18.5 Å². The van der Waals surface area contributed by atoms with E-state index >= 15 is 0 Å². The SMILES string of the molecule is CCC[C@@H]1C2c3ccccc3C(c3ccccc32)[C@H]1C(=O)Nc1ccccc1OC. The van der Waals surface area contributed by atoms with Gasteiger partial charge in [0, 0.05) is 11.8 Å². The van der Waals surface area contributed by atoms with E-state index in [0.29, 0.717) is 11.7 Å². The Morgan fingerprint density at radius 2 is 1.37 bits per heavy atom. The first kappa shape index (κ1) is 18.9. The van der Waals surface area contributed by atoms with Gasteiger partial charge >= 0.3 is 0 Å². The Balaban J connectivity index is 1.62. The average Bonchev–Trinajstić information content (AvgIpc) is 2.79. The van der Waals surface area contributed by atoms with E-state index < -0.39 is 0 Å². The molecule has 1 amide bonds. The van der Waals surface area contributed by atoms with Gasteiger partial charge in [0.05, 0.1) is 18.7 Å². The standard InChI is InChI=1S/C27H27NO2/c1-3-10-21-24-17-11-4-6-13-19(17)25(20-14-7-5-12-18(20)24)26(21)27(29)28-22-15-8-9-16-23(22)30-2/h4-9,11-16,21,24-26H,3,10H2,1-2H3,(H,28,29)/t21-,24?,25?,26+/m1/s1. The zero-order chi connectivity index (χ0) is 20.7. The lowest BCUT2D eigenvalue weighted by molar-refractivity contribution is -0.123. The van der Waals surface area contributed by atoms with E-state index in [9.17, 15) is 4.79 Å². The van der Waals surface area contributed by atoms with Crippen LogP contribution in [-0.2, 0) is 4.79 Å². The van der Waals surface area contributed by atoms with Crippen LogP contribution >= 0.6 is 0 Å². The Morgan fingerprint density at radius 1 is 0.833 bits per heavy atom. The molecular formula is C27H27NO2. The number of carbonyl (C=O) groups excluding carboxylic acids is 1. The molecule has 0 fully saturated rings. The fourth-order valence-corrected chi connectivity index (χ4v) is 5.78. The lowest BCUT2D eigenvalue weighted by Crippen LogP contribution is -2.45. The molecule has 0 aromatic heterocycles. The van der Waals surface area contributed by atoms with Crippen molar-refractivity contribution in [3.8, 4) is 5.75 Å². The number of amides is 1. The minimum atomic E-state index is -0.0929. The smallest absolute Gasteiger partial charge is 0.228 e. The van der Waals surface area contributed by atoms with Gasteiger partial charge in [0.15, 0.2) is 0 Å². The van der Waals surface area contributed by atoms with Gasteiger partial charge in [0.25, 0.3) is 0 Å². The maximum Gasteiger partial charge on any atom is 0.228 e. The van der Waals surface area contributed by atoms with E-state index in [-0.39, 0.29) is 23.7 Å². The molecule has 152 valence electrons. The van der Waals surface area contributed by atoms with Gasteiger partial charge in [-0.25, -0.2) is 0 Å². The third-order valence-corrected chi connectivity index (χ3v) is 6.87. The first-order valence-corrected chi connectivity index (χ1v) is 10.9. The van der Waals surface area contributed by atoms with Crippen LogP contribution in [0.3, 0.4) is 0 Å². The van der Waals surface area contributed by atoms with Gasteiger partial charge in [0.2, 0.25) is 5.91 Å². The number of benzene rings is 3. The van der Waals surface area contributed by atoms with E-state index in [2.05, 4.69) is 60.8 Å². The largest absolute Gasteiger partial charge is 0.495 e. The van der Waals surface area contributed by atoms with Crippen LogP contribution < -0.4 is 10.1 Å². The summed E-state index contributed by atoms with van der Waals surface area (Å²) in [5.74, 6) is 1.35. The molecule has 0 unspecified atom stereocenters. The molecule has 3 heteroatoms. The summed E-state index contributed by atoms with van der Waals surface area (Å²) < 4.78 is 5.47. The third-order valence-electron chi connectivity index (χ3n) is 6.87. The van der Waals surface area contributed by atoms with Crippen molar-refractivity contribution >= 4 is 11.6 Å². The molecule has 1 N–H and O–H groups in total. The van der Waals surface area contributed by atoms with E-state index in [1.54, 1.807) is 7.11 Å². The van der Waals surface area contributed by atoms with Crippen LogP contribution in [0.5, 0.6) is 5.75 Å². The number of methoxy groups -OCH3 is 1. The summed E-state index contributed by atoms with van der Waals surface area (Å²) in [6, 6.07) is 25.1. The second-order valence-corrected chi connectivity index (χ2v) is 8.38. The molecular weight excluding hydrogens is 370 g/mol. The molecule has 0 saturated heterocycles. The van der Waals surface area contributed by atoms with Crippen molar-refractivity contribution in [1.29, 1.82) is 0 Å². The number of ether oxygens (including phenoxy) is 1. The van der Waals surface area contributed by atoms with Crippen molar-refractivity contribution in [1.82, 2.24) is 0 Å². The van der Waals surface area contributed by atoms with Gasteiger partial charge < -0.3 is 10.1 Å². The molecule has 2 bridgehead atoms. The quantitative estimate of drug-likeness (QED) is 0.577. The zero-order valence-corrected chi connectivity index (χ0v) is 17.5. The van der Waals surface area contributed by atoms with E-state index in [4.69, 9.17) is 4.74 Å². The van der Waals surface area contributed by atoms with E-state index in [1.165, 1.54) is 22.3 Å². The third kappa shape index (κ3) is 2.84. The molecule has 3 aromatic rings. The summed E-state index contributed by atoms with van der Waals surface area (Å²) in [5, 5.41) is 3.20. The number of anilines is 1. The monoisotopic (exact) mass is 397 g/mol. The van der Waals surface area contributed by atoms with Gasteiger partial charge in [-0.15, -0.1) is 0 Å². The van der Waals surface area contributed by atoms with Gasteiger partial charge in [-0.1, -0.05) is 74.0 Å². The molecule has 0 radical (unpaired) electrons. The lowest BCUT2D eigenvalue weighted by atomic mass is 9.53. The minimum Gasteiger partial charge on any atom is -0.495 e. The Labute approximate surface area is 178 Å². The summed E-state index contributed by atoms with van der Waals surface area (Å²) >= 11 is 0. The first-order chi connectivity index (χ1) is 14.7. The van der Waals surface area contributed by atoms with Crippen LogP contribution in [0.25, 0.3) is 0 Å². The number of rotatable bonds is 5. The molecule has 3 nitrogen and oxygen atoms in total. The minimum absolute atomic E-state index is 0.0913. The second kappa shape index (κ2) is 7.64. The van der Waals surface area contributed by atoms with Crippen molar-refractivity contribution in [2.75, 3.05) is 12.4 Å². The van der Waals surface area contributed by atoms with Gasteiger partial charge in [-0.05, 0) is 46.7 Å². The molecule has 2 atom stereocenters. The summed E-state index contributed by atoms with van der Waals surface area (Å²) in [4.78, 5) is 13.8. The van der Waals surface area contributed by atoms with Crippen LogP contribution in [0.2, 0.25) is 0 Å². The van der Waals surface area contributed by atoms with Gasteiger partial charge in [-0.3, -0.25) is 4.79 Å². The van der Waals surface area contributed by atoms with Crippen LogP contribution in [0.15, 0.2) is 72.8 Å². The molecule has 0 aliphatic heterocycles.